The summed E-state index contributed by atoms with van der Waals surface area (Å²) >= 11 is 0. The smallest absolute Gasteiger partial charge is 0.322 e. The third-order valence-corrected chi connectivity index (χ3v) is 8.69. The number of carbonyl (C=O) groups excluding carboxylic acids is 1. The van der Waals surface area contributed by atoms with Crippen LogP contribution in [0.15, 0.2) is 58.3 Å². The van der Waals surface area contributed by atoms with Crippen LogP contribution in [0.4, 0.5) is 18.9 Å². The highest BCUT2D eigenvalue weighted by molar-refractivity contribution is 7.92. The molecule has 1 aliphatic rings. The lowest BCUT2D eigenvalue weighted by Crippen LogP contribution is -2.23. The van der Waals surface area contributed by atoms with Gasteiger partial charge in [0.2, 0.25) is 0 Å². The summed E-state index contributed by atoms with van der Waals surface area (Å²) in [7, 11) is -8.92. The van der Waals surface area contributed by atoms with Crippen molar-refractivity contribution in [1.29, 1.82) is 0 Å². The van der Waals surface area contributed by atoms with E-state index >= 15 is 0 Å². The van der Waals surface area contributed by atoms with E-state index in [2.05, 4.69) is 5.32 Å². The Balaban J connectivity index is 1.72. The minimum absolute atomic E-state index is 0.0567. The first-order valence-electron chi connectivity index (χ1n) is 9.00. The Kier molecular flexibility index (Phi) is 5.96. The molecule has 1 aliphatic carbocycles. The predicted molar refractivity (Wildman–Crippen MR) is 104 cm³/mol. The summed E-state index contributed by atoms with van der Waals surface area (Å²) in [5.41, 5.74) is -5.20. The number of alkyl halides is 3. The maximum Gasteiger partial charge on any atom is 0.501 e. The number of hydrogen-bond donors (Lipinski definition) is 1. The molecule has 162 valence electrons. The number of hydrogen-bond acceptors (Lipinski definition) is 5. The minimum Gasteiger partial charge on any atom is -0.322 e. The fourth-order valence-corrected chi connectivity index (χ4v) is 5.86. The van der Waals surface area contributed by atoms with Gasteiger partial charge in [-0.3, -0.25) is 4.79 Å². The molecule has 0 aliphatic heterocycles. The first-order valence-corrected chi connectivity index (χ1v) is 12.0. The molecule has 1 amide bonds. The second-order valence-electron chi connectivity index (χ2n) is 6.90. The van der Waals surface area contributed by atoms with E-state index in [0.717, 1.165) is 25.0 Å². The van der Waals surface area contributed by atoms with Gasteiger partial charge in [-0.1, -0.05) is 12.8 Å². The van der Waals surface area contributed by atoms with Crippen molar-refractivity contribution in [1.82, 2.24) is 0 Å². The fraction of sp³-hybridized carbons (Fsp3) is 0.316. The molecule has 11 heteroatoms. The zero-order valence-electron chi connectivity index (χ0n) is 15.5. The lowest BCUT2D eigenvalue weighted by atomic mass is 10.2. The number of sulfone groups is 2. The van der Waals surface area contributed by atoms with Crippen molar-refractivity contribution in [2.45, 2.75) is 46.2 Å². The summed E-state index contributed by atoms with van der Waals surface area (Å²) in [6.07, 6.45) is 3.00. The maximum atomic E-state index is 12.6. The van der Waals surface area contributed by atoms with Gasteiger partial charge in [-0.2, -0.15) is 13.2 Å². The summed E-state index contributed by atoms with van der Waals surface area (Å²) < 4.78 is 85.5. The van der Waals surface area contributed by atoms with Gasteiger partial charge < -0.3 is 5.32 Å². The van der Waals surface area contributed by atoms with E-state index in [4.69, 9.17) is 0 Å². The van der Waals surface area contributed by atoms with Crippen molar-refractivity contribution in [3.63, 3.8) is 0 Å². The fourth-order valence-electron chi connectivity index (χ4n) is 3.24. The summed E-state index contributed by atoms with van der Waals surface area (Å²) in [6, 6.07) is 8.96. The molecule has 6 nitrogen and oxygen atoms in total. The molecule has 1 saturated carbocycles. The highest BCUT2D eigenvalue weighted by atomic mass is 32.2. The monoisotopic (exact) mass is 461 g/mol. The van der Waals surface area contributed by atoms with Gasteiger partial charge in [-0.15, -0.1) is 0 Å². The van der Waals surface area contributed by atoms with E-state index < -0.39 is 41.2 Å². The standard InChI is InChI=1S/C19H18F3NO5S2/c20-19(21,22)30(27,28)17-9-5-13(6-10-17)18(24)23-14-7-11-16(12-8-14)29(25,26)15-3-1-2-4-15/h5-12,15H,1-4H2,(H,23,24). The van der Waals surface area contributed by atoms with Gasteiger partial charge in [-0.05, 0) is 61.4 Å². The first-order chi connectivity index (χ1) is 13.9. The molecular weight excluding hydrogens is 443 g/mol. The summed E-state index contributed by atoms with van der Waals surface area (Å²) in [5.74, 6) is -0.683. The van der Waals surface area contributed by atoms with Gasteiger partial charge in [0.1, 0.15) is 0 Å². The Morgan fingerprint density at radius 2 is 1.33 bits per heavy atom. The molecule has 2 aromatic carbocycles. The molecule has 0 radical (unpaired) electrons. The van der Waals surface area contributed by atoms with Crippen molar-refractivity contribution in [3.05, 3.63) is 54.1 Å². The summed E-state index contributed by atoms with van der Waals surface area (Å²) in [4.78, 5) is 11.5. The van der Waals surface area contributed by atoms with Crippen molar-refractivity contribution in [2.75, 3.05) is 5.32 Å². The van der Waals surface area contributed by atoms with Crippen molar-refractivity contribution >= 4 is 31.3 Å². The van der Waals surface area contributed by atoms with E-state index in [1.54, 1.807) is 0 Å². The SMILES string of the molecule is O=C(Nc1ccc(S(=O)(=O)C2CCCC2)cc1)c1ccc(S(=O)(=O)C(F)(F)F)cc1. The normalized spacial score (nSPS) is 15.8. The molecule has 0 aromatic heterocycles. The largest absolute Gasteiger partial charge is 0.501 e. The van der Waals surface area contributed by atoms with Crippen molar-refractivity contribution in [2.24, 2.45) is 0 Å². The van der Waals surface area contributed by atoms with Gasteiger partial charge in [-0.25, -0.2) is 16.8 Å². The molecule has 0 heterocycles. The van der Waals surface area contributed by atoms with Crippen LogP contribution in [-0.4, -0.2) is 33.5 Å². The number of benzene rings is 2. The van der Waals surface area contributed by atoms with Crippen LogP contribution in [-0.2, 0) is 19.7 Å². The topological polar surface area (TPSA) is 97.4 Å². The molecule has 0 saturated heterocycles. The van der Waals surface area contributed by atoms with Crippen LogP contribution in [0, 0.1) is 0 Å². The minimum atomic E-state index is -5.49. The van der Waals surface area contributed by atoms with Crippen LogP contribution in [0.2, 0.25) is 0 Å². The molecular formula is C19H18F3NO5S2. The van der Waals surface area contributed by atoms with E-state index in [0.29, 0.717) is 25.0 Å². The average molecular weight is 461 g/mol. The van der Waals surface area contributed by atoms with Crippen LogP contribution in [0.25, 0.3) is 0 Å². The first kappa shape index (κ1) is 22.3. The quantitative estimate of drug-likeness (QED) is 0.727. The Labute approximate surface area is 171 Å². The van der Waals surface area contributed by atoms with Gasteiger partial charge in [0.25, 0.3) is 15.7 Å². The molecule has 0 bridgehead atoms. The third-order valence-electron chi connectivity index (χ3n) is 4.91. The van der Waals surface area contributed by atoms with E-state index in [1.807, 2.05) is 0 Å². The highest BCUT2D eigenvalue weighted by Gasteiger charge is 2.46. The number of carbonyl (C=O) groups is 1. The Morgan fingerprint density at radius 1 is 0.833 bits per heavy atom. The van der Waals surface area contributed by atoms with Gasteiger partial charge in [0.05, 0.1) is 15.0 Å². The zero-order valence-corrected chi connectivity index (χ0v) is 17.1. The molecule has 1 N–H and O–H groups in total. The third kappa shape index (κ3) is 4.36. The van der Waals surface area contributed by atoms with Crippen LogP contribution < -0.4 is 5.32 Å². The molecule has 3 rings (SSSR count). The molecule has 1 fully saturated rings. The number of rotatable bonds is 5. The highest BCUT2D eigenvalue weighted by Crippen LogP contribution is 2.31. The van der Waals surface area contributed by atoms with Gasteiger partial charge >= 0.3 is 5.51 Å². The Morgan fingerprint density at radius 3 is 1.83 bits per heavy atom. The molecule has 0 unspecified atom stereocenters. The van der Waals surface area contributed by atoms with Crippen LogP contribution in [0.1, 0.15) is 36.0 Å². The maximum absolute atomic E-state index is 12.6. The van der Waals surface area contributed by atoms with E-state index in [9.17, 15) is 34.8 Å². The van der Waals surface area contributed by atoms with Gasteiger partial charge in [0.15, 0.2) is 9.84 Å². The van der Waals surface area contributed by atoms with Crippen molar-refractivity contribution < 1.29 is 34.8 Å². The van der Waals surface area contributed by atoms with E-state index in [1.165, 1.54) is 24.3 Å². The second-order valence-corrected chi connectivity index (χ2v) is 11.1. The molecule has 0 spiro atoms. The Bertz CT molecular complexity index is 1130. The van der Waals surface area contributed by atoms with Crippen LogP contribution in [0.5, 0.6) is 0 Å². The lowest BCUT2D eigenvalue weighted by Gasteiger charge is -2.12. The molecule has 30 heavy (non-hydrogen) atoms. The van der Waals surface area contributed by atoms with Crippen LogP contribution in [0.3, 0.4) is 0 Å². The lowest BCUT2D eigenvalue weighted by molar-refractivity contribution is -0.0436. The average Bonchev–Trinajstić information content (AvgIpc) is 3.23. The van der Waals surface area contributed by atoms with Crippen LogP contribution >= 0.6 is 0 Å². The Hall–Kier alpha value is -2.40. The molecule has 0 atom stereocenters. The van der Waals surface area contributed by atoms with E-state index in [-0.39, 0.29) is 16.1 Å². The second kappa shape index (κ2) is 8.03. The summed E-state index contributed by atoms with van der Waals surface area (Å²) in [6.45, 7) is 0. The van der Waals surface area contributed by atoms with Crippen molar-refractivity contribution in [3.8, 4) is 0 Å². The number of anilines is 1. The predicted octanol–water partition coefficient (Wildman–Crippen LogP) is 3.95. The number of amides is 1. The molecule has 2 aromatic rings. The van der Waals surface area contributed by atoms with Gasteiger partial charge in [0, 0.05) is 11.3 Å². The number of nitrogens with one attached hydrogen (secondary N) is 1. The summed E-state index contributed by atoms with van der Waals surface area (Å²) in [5, 5.41) is 2.09. The zero-order chi connectivity index (χ0) is 22.2. The number of halogens is 3.